The van der Waals surface area contributed by atoms with Crippen molar-refractivity contribution < 1.29 is 34.8 Å². The number of carbonyl (C=O) groups is 3. The van der Waals surface area contributed by atoms with Gasteiger partial charge in [-0.15, -0.1) is 0 Å². The van der Waals surface area contributed by atoms with Crippen molar-refractivity contribution in [1.82, 2.24) is 0 Å². The third-order valence-corrected chi connectivity index (χ3v) is 7.29. The maximum atomic E-state index is 10.2. The summed E-state index contributed by atoms with van der Waals surface area (Å²) in [5, 5.41) is 37.1. The largest absolute Gasteiger partial charge is 2.00 e. The van der Waals surface area contributed by atoms with Crippen LogP contribution in [0.3, 0.4) is 0 Å². The summed E-state index contributed by atoms with van der Waals surface area (Å²) in [6.45, 7) is 4.51. The Morgan fingerprint density at radius 2 is 0.578 bits per heavy atom. The van der Waals surface area contributed by atoms with Crippen LogP contribution in [0.4, 0.5) is 4.79 Å². The predicted octanol–water partition coefficient (Wildman–Crippen LogP) is 6.72. The van der Waals surface area contributed by atoms with Gasteiger partial charge >= 0.3 is 37.7 Å². The first-order valence-corrected chi connectivity index (χ1v) is 17.8. The number of unbranched alkanes of at least 4 members (excludes halogenated alkanes) is 22. The zero-order valence-corrected chi connectivity index (χ0v) is 31.4. The van der Waals surface area contributed by atoms with Gasteiger partial charge in [0.05, 0.1) is 0 Å². The van der Waals surface area contributed by atoms with E-state index < -0.39 is 18.1 Å². The Hall–Kier alpha value is -1.05. The van der Waals surface area contributed by atoms with Crippen molar-refractivity contribution in [3.05, 3.63) is 24.3 Å². The molecule has 0 spiro atoms. The Morgan fingerprint density at radius 3 is 0.800 bits per heavy atom. The molecule has 0 N–H and O–H groups in total. The van der Waals surface area contributed by atoms with Crippen LogP contribution in [0.15, 0.2) is 24.3 Å². The molecule has 45 heavy (non-hydrogen) atoms. The average Bonchev–Trinajstić information content (AvgIpc) is 2.97. The van der Waals surface area contributed by atoms with Gasteiger partial charge in [-0.1, -0.05) is 141 Å². The van der Waals surface area contributed by atoms with Gasteiger partial charge in [0.1, 0.15) is 0 Å². The topological polar surface area (TPSA) is 143 Å². The molecular weight excluding hydrogens is 596 g/mol. The van der Waals surface area contributed by atoms with E-state index >= 15 is 0 Å². The molecule has 0 heterocycles. The van der Waals surface area contributed by atoms with Gasteiger partial charge < -0.3 is 34.8 Å². The van der Waals surface area contributed by atoms with Gasteiger partial charge in [0.2, 0.25) is 0 Å². The fourth-order valence-electron chi connectivity index (χ4n) is 4.68. The summed E-state index contributed by atoms with van der Waals surface area (Å²) in [6.07, 6.45) is 39.5. The SMILES string of the molecule is CCCCCCCC/C=C\CCCCCCCC(=O)[O-].CCCCCCCC/C=C\CCCCCCCC(=O)[O-].O=C([O-])[O-].[Ca+2]. The van der Waals surface area contributed by atoms with Crippen molar-refractivity contribution in [2.45, 2.75) is 194 Å². The average molecular weight is 663 g/mol. The number of rotatable bonds is 30. The Labute approximate surface area is 306 Å². The van der Waals surface area contributed by atoms with E-state index in [1.54, 1.807) is 0 Å². The van der Waals surface area contributed by atoms with Crippen LogP contribution in [0.1, 0.15) is 194 Å². The van der Waals surface area contributed by atoms with Gasteiger partial charge in [0.15, 0.2) is 0 Å². The number of aliphatic carboxylic acids is 2. The van der Waals surface area contributed by atoms with Gasteiger partial charge in [-0.3, -0.25) is 0 Å². The van der Waals surface area contributed by atoms with Gasteiger partial charge in [-0.2, -0.15) is 0 Å². The molecule has 0 aliphatic carbocycles. The molecule has 0 saturated carbocycles. The molecule has 0 unspecified atom stereocenters. The predicted molar refractivity (Wildman–Crippen MR) is 180 cm³/mol. The fourth-order valence-corrected chi connectivity index (χ4v) is 4.68. The summed E-state index contributed by atoms with van der Waals surface area (Å²) < 4.78 is 0. The maximum absolute atomic E-state index is 10.2. The van der Waals surface area contributed by atoms with Crippen LogP contribution in [-0.2, 0) is 9.59 Å². The van der Waals surface area contributed by atoms with Crippen LogP contribution in [0, 0.1) is 0 Å². The second kappa shape index (κ2) is 47.4. The summed E-state index contributed by atoms with van der Waals surface area (Å²) in [4.78, 5) is 28.8. The molecule has 0 radical (unpaired) electrons. The monoisotopic (exact) mass is 662 g/mol. The number of hydrogen-bond donors (Lipinski definition) is 0. The molecule has 0 aliphatic rings. The number of allylic oxidation sites excluding steroid dienone is 4. The maximum Gasteiger partial charge on any atom is 2.00 e. The third kappa shape index (κ3) is 66.3. The molecular formula is C37H66CaO7-2. The van der Waals surface area contributed by atoms with Gasteiger partial charge in [-0.25, -0.2) is 0 Å². The Bertz CT molecular complexity index is 611. The zero-order valence-electron chi connectivity index (χ0n) is 29.2. The van der Waals surface area contributed by atoms with Crippen molar-refractivity contribution >= 4 is 55.8 Å². The van der Waals surface area contributed by atoms with E-state index in [1.165, 1.54) is 128 Å². The quantitative estimate of drug-likeness (QED) is 0.0472. The molecule has 0 fully saturated rings. The molecule has 0 aromatic carbocycles. The zero-order chi connectivity index (χ0) is 33.4. The number of hydrogen-bond acceptors (Lipinski definition) is 7. The molecule has 260 valence electrons. The second-order valence-electron chi connectivity index (χ2n) is 11.7. The standard InChI is InChI=1S/2C18H34O2.CH2O3.Ca/c2*1-2-3-4-5-6-7-8-9-10-11-12-13-14-15-16-17-18(19)20;2-1(3)4;/h2*9-10H,2-8,11-17H2,1H3,(H,19,20);(H2,2,3,4);/q;;;+2/p-4/b2*10-9-;;. The smallest absolute Gasteiger partial charge is 0.652 e. The van der Waals surface area contributed by atoms with E-state index in [1.807, 2.05) is 0 Å². The van der Waals surface area contributed by atoms with Crippen LogP contribution in [-0.4, -0.2) is 55.8 Å². The number of carboxylic acids is 2. The molecule has 0 aromatic heterocycles. The summed E-state index contributed by atoms with van der Waals surface area (Å²) in [5.41, 5.74) is 0. The first-order valence-electron chi connectivity index (χ1n) is 17.8. The Morgan fingerprint density at radius 1 is 0.378 bits per heavy atom. The Kier molecular flexibility index (Phi) is 53.5. The van der Waals surface area contributed by atoms with Gasteiger partial charge in [-0.05, 0) is 83.2 Å². The van der Waals surface area contributed by atoms with E-state index in [9.17, 15) is 19.8 Å². The van der Waals surface area contributed by atoms with Crippen LogP contribution < -0.4 is 20.4 Å². The number of carbonyl (C=O) groups excluding carboxylic acids is 3. The summed E-state index contributed by atoms with van der Waals surface area (Å²) >= 11 is 0. The van der Waals surface area contributed by atoms with E-state index in [0.717, 1.165) is 38.5 Å². The second-order valence-corrected chi connectivity index (χ2v) is 11.7. The first kappa shape index (κ1) is 50.8. The van der Waals surface area contributed by atoms with Crippen molar-refractivity contribution in [3.63, 3.8) is 0 Å². The van der Waals surface area contributed by atoms with Crippen molar-refractivity contribution in [3.8, 4) is 0 Å². The minimum Gasteiger partial charge on any atom is -0.652 e. The summed E-state index contributed by atoms with van der Waals surface area (Å²) in [7, 11) is 0. The summed E-state index contributed by atoms with van der Waals surface area (Å²) in [5.74, 6) is -1.83. The Balaban J connectivity index is -0.000000327. The van der Waals surface area contributed by atoms with E-state index in [2.05, 4.69) is 38.2 Å². The van der Waals surface area contributed by atoms with Crippen LogP contribution in [0.25, 0.3) is 0 Å². The summed E-state index contributed by atoms with van der Waals surface area (Å²) in [6, 6.07) is 0. The fraction of sp³-hybridized carbons (Fsp3) is 0.811. The van der Waals surface area contributed by atoms with E-state index in [4.69, 9.17) is 15.0 Å². The van der Waals surface area contributed by atoms with E-state index in [-0.39, 0.29) is 50.6 Å². The molecule has 0 aromatic rings. The molecule has 0 atom stereocenters. The molecule has 7 nitrogen and oxygen atoms in total. The van der Waals surface area contributed by atoms with Crippen LogP contribution >= 0.6 is 0 Å². The van der Waals surface area contributed by atoms with Crippen molar-refractivity contribution in [1.29, 1.82) is 0 Å². The minimum absolute atomic E-state index is 0. The third-order valence-electron chi connectivity index (χ3n) is 7.29. The molecule has 0 rings (SSSR count). The number of carboxylic acid groups (broad SMARTS) is 4. The van der Waals surface area contributed by atoms with Gasteiger partial charge in [0, 0.05) is 11.9 Å². The van der Waals surface area contributed by atoms with Gasteiger partial charge in [0.25, 0.3) is 0 Å². The minimum atomic E-state index is -2.33. The normalized spacial score (nSPS) is 10.5. The molecule has 0 aliphatic heterocycles. The van der Waals surface area contributed by atoms with Crippen molar-refractivity contribution in [2.75, 3.05) is 0 Å². The van der Waals surface area contributed by atoms with E-state index in [0.29, 0.717) is 0 Å². The first-order chi connectivity index (χ1) is 21.3. The van der Waals surface area contributed by atoms with Crippen LogP contribution in [0.5, 0.6) is 0 Å². The molecule has 0 amide bonds. The van der Waals surface area contributed by atoms with Crippen LogP contribution in [0.2, 0.25) is 0 Å². The molecule has 8 heteroatoms. The molecule has 0 saturated heterocycles. The molecule has 0 bridgehead atoms. The van der Waals surface area contributed by atoms with Crippen molar-refractivity contribution in [2.24, 2.45) is 0 Å².